The summed E-state index contributed by atoms with van der Waals surface area (Å²) < 4.78 is 0. The molecule has 106 valence electrons. The first kappa shape index (κ1) is 15.5. The third kappa shape index (κ3) is 5.28. The van der Waals surface area contributed by atoms with Crippen molar-refractivity contribution in [3.8, 4) is 0 Å². The fourth-order valence-electron chi connectivity index (χ4n) is 1.48. The fourth-order valence-corrected chi connectivity index (χ4v) is 1.48. The van der Waals surface area contributed by atoms with Crippen molar-refractivity contribution >= 4 is 11.7 Å². The molecule has 19 heavy (non-hydrogen) atoms. The molecule has 0 radical (unpaired) electrons. The van der Waals surface area contributed by atoms with Crippen molar-refractivity contribution in [1.82, 2.24) is 10.3 Å². The molecule has 1 aromatic rings. The molecule has 0 fully saturated rings. The lowest BCUT2D eigenvalue weighted by atomic mass is 9.98. The SMILES string of the molecule is CCCNc1ccc(C(=O)NCC(C)C(C)C)cn1. The second kappa shape index (κ2) is 7.77. The van der Waals surface area contributed by atoms with Gasteiger partial charge in [0.25, 0.3) is 5.91 Å². The zero-order chi connectivity index (χ0) is 14.3. The van der Waals surface area contributed by atoms with Gasteiger partial charge in [0, 0.05) is 19.3 Å². The lowest BCUT2D eigenvalue weighted by Crippen LogP contribution is -2.30. The van der Waals surface area contributed by atoms with Crippen LogP contribution in [0.3, 0.4) is 0 Å². The maximum Gasteiger partial charge on any atom is 0.252 e. The van der Waals surface area contributed by atoms with E-state index in [1.54, 1.807) is 12.3 Å². The van der Waals surface area contributed by atoms with Crippen LogP contribution in [-0.4, -0.2) is 24.0 Å². The first-order valence-electron chi connectivity index (χ1n) is 7.02. The summed E-state index contributed by atoms with van der Waals surface area (Å²) in [5.41, 5.74) is 0.609. The van der Waals surface area contributed by atoms with Crippen molar-refractivity contribution in [3.05, 3.63) is 23.9 Å². The van der Waals surface area contributed by atoms with Gasteiger partial charge in [-0.1, -0.05) is 27.7 Å². The third-order valence-electron chi connectivity index (χ3n) is 3.30. The van der Waals surface area contributed by atoms with Crippen LogP contribution in [0.25, 0.3) is 0 Å². The Morgan fingerprint density at radius 1 is 1.32 bits per heavy atom. The van der Waals surface area contributed by atoms with Crippen molar-refractivity contribution in [1.29, 1.82) is 0 Å². The summed E-state index contributed by atoms with van der Waals surface area (Å²) in [5.74, 6) is 1.80. The van der Waals surface area contributed by atoms with E-state index < -0.39 is 0 Å². The number of rotatable bonds is 7. The number of hydrogen-bond donors (Lipinski definition) is 2. The Kier molecular flexibility index (Phi) is 6.33. The molecule has 0 aliphatic rings. The zero-order valence-electron chi connectivity index (χ0n) is 12.4. The van der Waals surface area contributed by atoms with Crippen LogP contribution in [-0.2, 0) is 0 Å². The maximum atomic E-state index is 11.9. The molecule has 1 heterocycles. The number of pyridine rings is 1. The molecule has 0 aliphatic carbocycles. The highest BCUT2D eigenvalue weighted by Gasteiger charge is 2.10. The first-order chi connectivity index (χ1) is 9.04. The van der Waals surface area contributed by atoms with E-state index in [-0.39, 0.29) is 5.91 Å². The minimum absolute atomic E-state index is 0.0537. The summed E-state index contributed by atoms with van der Waals surface area (Å²) in [4.78, 5) is 16.2. The van der Waals surface area contributed by atoms with Gasteiger partial charge in [0.1, 0.15) is 5.82 Å². The number of hydrogen-bond acceptors (Lipinski definition) is 3. The second-order valence-electron chi connectivity index (χ2n) is 5.29. The van der Waals surface area contributed by atoms with Gasteiger partial charge >= 0.3 is 0 Å². The van der Waals surface area contributed by atoms with Gasteiger partial charge in [0.15, 0.2) is 0 Å². The monoisotopic (exact) mass is 263 g/mol. The van der Waals surface area contributed by atoms with Crippen LogP contribution in [0.4, 0.5) is 5.82 Å². The highest BCUT2D eigenvalue weighted by atomic mass is 16.1. The molecular formula is C15H25N3O. The molecule has 4 nitrogen and oxygen atoms in total. The quantitative estimate of drug-likeness (QED) is 0.795. The zero-order valence-corrected chi connectivity index (χ0v) is 12.4. The van der Waals surface area contributed by atoms with E-state index in [0.29, 0.717) is 23.9 Å². The Labute approximate surface area is 116 Å². The van der Waals surface area contributed by atoms with Crippen LogP contribution in [0.2, 0.25) is 0 Å². The van der Waals surface area contributed by atoms with E-state index in [4.69, 9.17) is 0 Å². The van der Waals surface area contributed by atoms with Gasteiger partial charge in [0.05, 0.1) is 5.56 Å². The van der Waals surface area contributed by atoms with Gasteiger partial charge in [-0.15, -0.1) is 0 Å². The number of aromatic nitrogens is 1. The molecular weight excluding hydrogens is 238 g/mol. The highest BCUT2D eigenvalue weighted by molar-refractivity contribution is 5.94. The Balaban J connectivity index is 2.48. The van der Waals surface area contributed by atoms with Crippen LogP contribution >= 0.6 is 0 Å². The molecule has 0 aliphatic heterocycles. The van der Waals surface area contributed by atoms with Crippen LogP contribution < -0.4 is 10.6 Å². The number of nitrogens with one attached hydrogen (secondary N) is 2. The maximum absolute atomic E-state index is 11.9. The van der Waals surface area contributed by atoms with E-state index in [9.17, 15) is 4.79 Å². The molecule has 1 atom stereocenters. The van der Waals surface area contributed by atoms with Gasteiger partial charge in [0.2, 0.25) is 0 Å². The van der Waals surface area contributed by atoms with Crippen molar-refractivity contribution in [2.75, 3.05) is 18.4 Å². The molecule has 0 saturated heterocycles. The third-order valence-corrected chi connectivity index (χ3v) is 3.30. The Bertz CT molecular complexity index is 387. The smallest absolute Gasteiger partial charge is 0.252 e. The molecule has 1 rings (SSSR count). The summed E-state index contributed by atoms with van der Waals surface area (Å²) in [7, 11) is 0. The minimum Gasteiger partial charge on any atom is -0.370 e. The van der Waals surface area contributed by atoms with Gasteiger partial charge < -0.3 is 10.6 Å². The number of amides is 1. The molecule has 2 N–H and O–H groups in total. The van der Waals surface area contributed by atoms with E-state index in [1.165, 1.54) is 0 Å². The normalized spacial score (nSPS) is 12.3. The first-order valence-corrected chi connectivity index (χ1v) is 7.02. The predicted molar refractivity (Wildman–Crippen MR) is 79.4 cm³/mol. The number of nitrogens with zero attached hydrogens (tertiary/aromatic N) is 1. The van der Waals surface area contributed by atoms with Gasteiger partial charge in [-0.05, 0) is 30.4 Å². The van der Waals surface area contributed by atoms with Crippen molar-refractivity contribution < 1.29 is 4.79 Å². The van der Waals surface area contributed by atoms with Gasteiger partial charge in [-0.3, -0.25) is 4.79 Å². The van der Waals surface area contributed by atoms with Crippen molar-refractivity contribution in [3.63, 3.8) is 0 Å². The summed E-state index contributed by atoms with van der Waals surface area (Å²) in [6, 6.07) is 3.65. The summed E-state index contributed by atoms with van der Waals surface area (Å²) in [6.45, 7) is 10.2. The molecule has 0 spiro atoms. The Morgan fingerprint density at radius 2 is 2.05 bits per heavy atom. The van der Waals surface area contributed by atoms with Crippen LogP contribution in [0.5, 0.6) is 0 Å². The highest BCUT2D eigenvalue weighted by Crippen LogP contribution is 2.09. The Hall–Kier alpha value is -1.58. The van der Waals surface area contributed by atoms with E-state index in [0.717, 1.165) is 18.8 Å². The largest absolute Gasteiger partial charge is 0.370 e. The van der Waals surface area contributed by atoms with Gasteiger partial charge in [-0.2, -0.15) is 0 Å². The molecule has 0 saturated carbocycles. The predicted octanol–water partition coefficient (Wildman–Crippen LogP) is 2.93. The average molecular weight is 263 g/mol. The van der Waals surface area contributed by atoms with Crippen LogP contribution in [0.1, 0.15) is 44.5 Å². The fraction of sp³-hybridized carbons (Fsp3) is 0.600. The summed E-state index contributed by atoms with van der Waals surface area (Å²) in [5, 5.41) is 6.13. The van der Waals surface area contributed by atoms with Crippen LogP contribution in [0, 0.1) is 11.8 Å². The molecule has 1 unspecified atom stereocenters. The number of carbonyl (C=O) groups is 1. The van der Waals surface area contributed by atoms with E-state index >= 15 is 0 Å². The molecule has 0 bridgehead atoms. The average Bonchev–Trinajstić information content (AvgIpc) is 2.42. The molecule has 0 aromatic carbocycles. The standard InChI is InChI=1S/C15H25N3O/c1-5-8-16-14-7-6-13(10-17-14)15(19)18-9-12(4)11(2)3/h6-7,10-12H,5,8-9H2,1-4H3,(H,16,17)(H,18,19). The van der Waals surface area contributed by atoms with Crippen LogP contribution in [0.15, 0.2) is 18.3 Å². The molecule has 4 heteroatoms. The summed E-state index contributed by atoms with van der Waals surface area (Å²) in [6.07, 6.45) is 2.67. The van der Waals surface area contributed by atoms with Crippen molar-refractivity contribution in [2.24, 2.45) is 11.8 Å². The lowest BCUT2D eigenvalue weighted by molar-refractivity contribution is 0.0944. The van der Waals surface area contributed by atoms with E-state index in [1.807, 2.05) is 6.07 Å². The number of carbonyl (C=O) groups excluding carboxylic acids is 1. The molecule has 1 amide bonds. The van der Waals surface area contributed by atoms with Gasteiger partial charge in [-0.25, -0.2) is 4.98 Å². The van der Waals surface area contributed by atoms with Crippen molar-refractivity contribution in [2.45, 2.75) is 34.1 Å². The minimum atomic E-state index is -0.0537. The summed E-state index contributed by atoms with van der Waals surface area (Å²) >= 11 is 0. The number of anilines is 1. The Morgan fingerprint density at radius 3 is 2.58 bits per heavy atom. The molecule has 1 aromatic heterocycles. The topological polar surface area (TPSA) is 54.0 Å². The van der Waals surface area contributed by atoms with E-state index in [2.05, 4.69) is 43.3 Å². The second-order valence-corrected chi connectivity index (χ2v) is 5.29. The lowest BCUT2D eigenvalue weighted by Gasteiger charge is -2.16.